The van der Waals surface area contributed by atoms with Crippen molar-refractivity contribution in [2.24, 2.45) is 11.1 Å². The summed E-state index contributed by atoms with van der Waals surface area (Å²) in [6, 6.07) is 2.81. The molecular formula is C12H17FN2O3S. The van der Waals surface area contributed by atoms with Gasteiger partial charge >= 0.3 is 0 Å². The number of amides is 1. The fraction of sp³-hybridized carbons (Fsp3) is 0.417. The van der Waals surface area contributed by atoms with Crippen LogP contribution < -0.4 is 10.5 Å². The summed E-state index contributed by atoms with van der Waals surface area (Å²) < 4.78 is 35.6. The highest BCUT2D eigenvalue weighted by atomic mass is 32.2. The van der Waals surface area contributed by atoms with Crippen molar-refractivity contribution in [2.75, 3.05) is 6.54 Å². The van der Waals surface area contributed by atoms with Gasteiger partial charge in [-0.05, 0) is 24.1 Å². The Bertz CT molecular complexity index is 572. The van der Waals surface area contributed by atoms with Crippen LogP contribution in [0.5, 0.6) is 0 Å². The third kappa shape index (κ3) is 4.60. The molecule has 1 atom stereocenters. The molecule has 1 rings (SSSR count). The van der Waals surface area contributed by atoms with Crippen LogP contribution in [0, 0.1) is 11.7 Å². The predicted octanol–water partition coefficient (Wildman–Crippen LogP) is 1.25. The lowest BCUT2D eigenvalue weighted by Crippen LogP contribution is -2.28. The molecular weight excluding hydrogens is 271 g/mol. The molecule has 0 saturated heterocycles. The fourth-order valence-corrected chi connectivity index (χ4v) is 1.94. The maximum absolute atomic E-state index is 13.3. The van der Waals surface area contributed by atoms with Gasteiger partial charge in [-0.1, -0.05) is 20.3 Å². The second kappa shape index (κ2) is 6.12. The minimum atomic E-state index is -4.04. The first-order valence-corrected chi connectivity index (χ1v) is 7.40. The van der Waals surface area contributed by atoms with Gasteiger partial charge in [-0.25, -0.2) is 17.9 Å². The zero-order valence-corrected chi connectivity index (χ0v) is 11.6. The van der Waals surface area contributed by atoms with E-state index in [2.05, 4.69) is 5.32 Å². The molecule has 0 aromatic heterocycles. The average molecular weight is 288 g/mol. The number of rotatable bonds is 5. The average Bonchev–Trinajstić information content (AvgIpc) is 2.33. The molecule has 0 aliphatic rings. The number of halogens is 1. The third-order valence-electron chi connectivity index (χ3n) is 2.77. The number of hydrogen-bond acceptors (Lipinski definition) is 3. The van der Waals surface area contributed by atoms with E-state index < -0.39 is 26.6 Å². The minimum Gasteiger partial charge on any atom is -0.352 e. The first-order valence-electron chi connectivity index (χ1n) is 5.85. The van der Waals surface area contributed by atoms with E-state index in [-0.39, 0.29) is 11.5 Å². The lowest BCUT2D eigenvalue weighted by molar-refractivity contribution is 0.0947. The molecule has 1 aromatic rings. The number of nitrogens with two attached hydrogens (primary N) is 1. The van der Waals surface area contributed by atoms with Gasteiger partial charge in [-0.3, -0.25) is 4.79 Å². The van der Waals surface area contributed by atoms with Crippen molar-refractivity contribution >= 4 is 15.9 Å². The number of benzene rings is 1. The first-order chi connectivity index (χ1) is 8.74. The lowest BCUT2D eigenvalue weighted by Gasteiger charge is -2.10. The van der Waals surface area contributed by atoms with Crippen LogP contribution in [-0.4, -0.2) is 20.9 Å². The summed E-state index contributed by atoms with van der Waals surface area (Å²) in [7, 11) is -4.04. The van der Waals surface area contributed by atoms with E-state index in [1.165, 1.54) is 0 Å². The van der Waals surface area contributed by atoms with Crippen molar-refractivity contribution in [1.82, 2.24) is 5.32 Å². The Morgan fingerprint density at radius 1 is 1.42 bits per heavy atom. The van der Waals surface area contributed by atoms with Crippen LogP contribution in [0.15, 0.2) is 23.1 Å². The van der Waals surface area contributed by atoms with Crippen LogP contribution in [0.2, 0.25) is 0 Å². The lowest BCUT2D eigenvalue weighted by atomic mass is 10.1. The molecule has 1 unspecified atom stereocenters. The van der Waals surface area contributed by atoms with Crippen molar-refractivity contribution < 1.29 is 17.6 Å². The zero-order chi connectivity index (χ0) is 14.6. The van der Waals surface area contributed by atoms with Crippen LogP contribution in [0.4, 0.5) is 4.39 Å². The van der Waals surface area contributed by atoms with Gasteiger partial charge in [0.25, 0.3) is 5.91 Å². The second-order valence-corrected chi connectivity index (χ2v) is 6.01. The van der Waals surface area contributed by atoms with Gasteiger partial charge < -0.3 is 5.32 Å². The SMILES string of the molecule is CCC(C)CNC(=O)c1cc(F)cc(S(N)(=O)=O)c1. The van der Waals surface area contributed by atoms with E-state index >= 15 is 0 Å². The topological polar surface area (TPSA) is 89.3 Å². The molecule has 3 N–H and O–H groups in total. The van der Waals surface area contributed by atoms with Crippen LogP contribution in [0.1, 0.15) is 30.6 Å². The molecule has 0 heterocycles. The largest absolute Gasteiger partial charge is 0.352 e. The molecule has 0 bridgehead atoms. The molecule has 0 fully saturated rings. The van der Waals surface area contributed by atoms with Crippen molar-refractivity contribution in [1.29, 1.82) is 0 Å². The Morgan fingerprint density at radius 3 is 2.58 bits per heavy atom. The van der Waals surface area contributed by atoms with E-state index in [0.29, 0.717) is 6.54 Å². The zero-order valence-electron chi connectivity index (χ0n) is 10.8. The first kappa shape index (κ1) is 15.6. The molecule has 0 aliphatic heterocycles. The molecule has 0 saturated carbocycles. The molecule has 1 aromatic carbocycles. The molecule has 1 amide bonds. The highest BCUT2D eigenvalue weighted by molar-refractivity contribution is 7.89. The second-order valence-electron chi connectivity index (χ2n) is 4.44. The smallest absolute Gasteiger partial charge is 0.251 e. The highest BCUT2D eigenvalue weighted by Gasteiger charge is 2.15. The van der Waals surface area contributed by atoms with Crippen LogP contribution in [0.3, 0.4) is 0 Å². The summed E-state index contributed by atoms with van der Waals surface area (Å²) in [6.07, 6.45) is 0.895. The van der Waals surface area contributed by atoms with Gasteiger partial charge in [-0.2, -0.15) is 0 Å². The van der Waals surface area contributed by atoms with Crippen molar-refractivity contribution in [3.8, 4) is 0 Å². The van der Waals surface area contributed by atoms with Gasteiger partial charge in [0.1, 0.15) is 5.82 Å². The van der Waals surface area contributed by atoms with Crippen LogP contribution in [0.25, 0.3) is 0 Å². The summed E-state index contributed by atoms with van der Waals surface area (Å²) in [5.74, 6) is -1.06. The van der Waals surface area contributed by atoms with Gasteiger partial charge in [0.2, 0.25) is 10.0 Å². The van der Waals surface area contributed by atoms with Gasteiger partial charge in [0.05, 0.1) is 4.90 Å². The van der Waals surface area contributed by atoms with E-state index in [0.717, 1.165) is 24.6 Å². The summed E-state index contributed by atoms with van der Waals surface area (Å²) >= 11 is 0. The van der Waals surface area contributed by atoms with Gasteiger partial charge in [-0.15, -0.1) is 0 Å². The Balaban J connectivity index is 2.95. The highest BCUT2D eigenvalue weighted by Crippen LogP contribution is 2.13. The minimum absolute atomic E-state index is 0.0627. The Morgan fingerprint density at radius 2 is 2.05 bits per heavy atom. The van der Waals surface area contributed by atoms with E-state index in [4.69, 9.17) is 5.14 Å². The molecule has 0 radical (unpaired) electrons. The Hall–Kier alpha value is -1.47. The number of primary sulfonamides is 1. The summed E-state index contributed by atoms with van der Waals surface area (Å²) in [5, 5.41) is 7.53. The number of carbonyl (C=O) groups excluding carboxylic acids is 1. The number of sulfonamides is 1. The molecule has 19 heavy (non-hydrogen) atoms. The van der Waals surface area contributed by atoms with Crippen molar-refractivity contribution in [3.63, 3.8) is 0 Å². The van der Waals surface area contributed by atoms with Crippen LogP contribution >= 0.6 is 0 Å². The standard InChI is InChI=1S/C12H17FN2O3S/c1-3-8(2)7-15-12(16)9-4-10(13)6-11(5-9)19(14,17)18/h4-6,8H,3,7H2,1-2H3,(H,15,16)(H2,14,17,18). The summed E-state index contributed by atoms with van der Waals surface area (Å²) in [5.41, 5.74) is -0.0627. The maximum atomic E-state index is 13.3. The van der Waals surface area contributed by atoms with E-state index in [9.17, 15) is 17.6 Å². The number of nitrogens with one attached hydrogen (secondary N) is 1. The van der Waals surface area contributed by atoms with Crippen molar-refractivity contribution in [2.45, 2.75) is 25.2 Å². The van der Waals surface area contributed by atoms with Gasteiger partial charge in [0, 0.05) is 12.1 Å². The van der Waals surface area contributed by atoms with Crippen molar-refractivity contribution in [3.05, 3.63) is 29.6 Å². The monoisotopic (exact) mass is 288 g/mol. The molecule has 0 spiro atoms. The molecule has 0 aliphatic carbocycles. The van der Waals surface area contributed by atoms with Crippen LogP contribution in [-0.2, 0) is 10.0 Å². The molecule has 106 valence electrons. The Labute approximate surface area is 112 Å². The number of carbonyl (C=O) groups is 1. The predicted molar refractivity (Wildman–Crippen MR) is 69.6 cm³/mol. The summed E-state index contributed by atoms with van der Waals surface area (Å²) in [4.78, 5) is 11.4. The Kier molecular flexibility index (Phi) is 5.02. The third-order valence-corrected chi connectivity index (χ3v) is 3.66. The molecule has 7 heteroatoms. The quantitative estimate of drug-likeness (QED) is 0.854. The normalized spacial score (nSPS) is 13.1. The maximum Gasteiger partial charge on any atom is 0.251 e. The fourth-order valence-electron chi connectivity index (χ4n) is 1.37. The van der Waals surface area contributed by atoms with Gasteiger partial charge in [0.15, 0.2) is 0 Å². The molecule has 5 nitrogen and oxygen atoms in total. The van der Waals surface area contributed by atoms with E-state index in [1.54, 1.807) is 0 Å². The van der Waals surface area contributed by atoms with E-state index in [1.807, 2.05) is 13.8 Å². The summed E-state index contributed by atoms with van der Waals surface area (Å²) in [6.45, 7) is 4.39. The number of hydrogen-bond donors (Lipinski definition) is 2.